The van der Waals surface area contributed by atoms with Crippen molar-refractivity contribution in [3.63, 3.8) is 0 Å². The van der Waals surface area contributed by atoms with Crippen LogP contribution in [0.2, 0.25) is 0 Å². The van der Waals surface area contributed by atoms with Gasteiger partial charge in [-0.25, -0.2) is 0 Å². The lowest BCUT2D eigenvalue weighted by Gasteiger charge is -2.31. The molecule has 0 atom stereocenters. The van der Waals surface area contributed by atoms with Crippen molar-refractivity contribution in [2.24, 2.45) is 23.7 Å². The Hall–Kier alpha value is -1.69. The van der Waals surface area contributed by atoms with Crippen LogP contribution in [0.15, 0.2) is 36.4 Å². The molecule has 0 bridgehead atoms. The van der Waals surface area contributed by atoms with Crippen LogP contribution in [0.25, 0.3) is 0 Å². The molecule has 0 nitrogen and oxygen atoms in total. The van der Waals surface area contributed by atoms with Crippen molar-refractivity contribution in [2.45, 2.75) is 96.6 Å². The van der Waals surface area contributed by atoms with Crippen LogP contribution in [0, 0.1) is 35.5 Å². The van der Waals surface area contributed by atoms with E-state index in [4.69, 9.17) is 0 Å². The highest BCUT2D eigenvalue weighted by Gasteiger charge is 2.29. The summed E-state index contributed by atoms with van der Waals surface area (Å²) in [5.41, 5.74) is -0.0132. The first-order valence-electron chi connectivity index (χ1n) is 12.8. The van der Waals surface area contributed by atoms with Gasteiger partial charge in [0.1, 0.15) is 0 Å². The highest BCUT2D eigenvalue weighted by molar-refractivity contribution is 5.39. The van der Waals surface area contributed by atoms with Crippen molar-refractivity contribution in [3.05, 3.63) is 47.5 Å². The molecule has 2 fully saturated rings. The zero-order valence-electron chi connectivity index (χ0n) is 19.6. The molecule has 3 heteroatoms. The summed E-state index contributed by atoms with van der Waals surface area (Å²) < 4.78 is 37.8. The average Bonchev–Trinajstić information content (AvgIpc) is 2.80. The molecule has 0 amide bonds. The number of halogens is 3. The molecule has 0 aliphatic heterocycles. The maximum Gasteiger partial charge on any atom is 0.416 e. The number of benzene rings is 1. The van der Waals surface area contributed by atoms with Gasteiger partial charge in [0.25, 0.3) is 0 Å². The van der Waals surface area contributed by atoms with Crippen LogP contribution < -0.4 is 0 Å². The van der Waals surface area contributed by atoms with Crippen LogP contribution in [-0.4, -0.2) is 0 Å². The van der Waals surface area contributed by atoms with Crippen LogP contribution in [0.5, 0.6) is 0 Å². The lowest BCUT2D eigenvalue weighted by molar-refractivity contribution is -0.137. The quantitative estimate of drug-likeness (QED) is 0.368. The Morgan fingerprint density at radius 2 is 1.34 bits per heavy atom. The molecule has 0 N–H and O–H groups in total. The number of hydrogen-bond donors (Lipinski definition) is 0. The lowest BCUT2D eigenvalue weighted by atomic mass is 9.75. The molecule has 2 aliphatic carbocycles. The minimum Gasteiger partial charge on any atom is -0.166 e. The Labute approximate surface area is 193 Å². The van der Waals surface area contributed by atoms with E-state index in [9.17, 15) is 13.2 Å². The minimum atomic E-state index is -4.29. The topological polar surface area (TPSA) is 0 Å². The fourth-order valence-corrected chi connectivity index (χ4v) is 5.49. The van der Waals surface area contributed by atoms with E-state index < -0.39 is 11.7 Å². The van der Waals surface area contributed by atoms with Gasteiger partial charge in [-0.15, -0.1) is 0 Å². The number of hydrogen-bond acceptors (Lipinski definition) is 0. The molecule has 2 aliphatic rings. The highest BCUT2D eigenvalue weighted by atomic mass is 19.4. The summed E-state index contributed by atoms with van der Waals surface area (Å²) in [4.78, 5) is 0. The molecule has 3 rings (SSSR count). The maximum atomic E-state index is 12.6. The van der Waals surface area contributed by atoms with Crippen LogP contribution in [-0.2, 0) is 6.18 Å². The number of alkyl halides is 3. The van der Waals surface area contributed by atoms with Gasteiger partial charge >= 0.3 is 6.18 Å². The molecule has 0 aromatic heterocycles. The number of rotatable bonds is 7. The molecule has 0 unspecified atom stereocenters. The zero-order chi connectivity index (χ0) is 22.8. The maximum absolute atomic E-state index is 12.6. The Morgan fingerprint density at radius 1 is 0.812 bits per heavy atom. The van der Waals surface area contributed by atoms with E-state index in [2.05, 4.69) is 24.8 Å². The van der Waals surface area contributed by atoms with Crippen molar-refractivity contribution in [1.82, 2.24) is 0 Å². The third kappa shape index (κ3) is 8.34. The van der Waals surface area contributed by atoms with Gasteiger partial charge in [-0.05, 0) is 79.7 Å². The molecule has 176 valence electrons. The van der Waals surface area contributed by atoms with E-state index >= 15 is 0 Å². The Morgan fingerprint density at radius 3 is 1.88 bits per heavy atom. The molecule has 2 saturated carbocycles. The standard InChI is InChI=1S/C29H39F3/c1-2-3-6-23-9-13-26(14-10-23)17-18-27-15-11-24(12-16-27)7-4-5-8-25-19-21-28(22-20-25)29(30,31)32/h4,7,19-24,26-27H,2-3,6,9-18H2,1H3/t23-,24-,26-,27-. The van der Waals surface area contributed by atoms with Gasteiger partial charge in [-0.1, -0.05) is 82.6 Å². The summed E-state index contributed by atoms with van der Waals surface area (Å²) in [6.07, 6.45) is 17.8. The van der Waals surface area contributed by atoms with E-state index in [0.717, 1.165) is 29.9 Å². The molecule has 0 radical (unpaired) electrons. The molecule has 32 heavy (non-hydrogen) atoms. The summed E-state index contributed by atoms with van der Waals surface area (Å²) in [6.45, 7) is 2.30. The fourth-order valence-electron chi connectivity index (χ4n) is 5.49. The van der Waals surface area contributed by atoms with Crippen molar-refractivity contribution in [3.8, 4) is 11.8 Å². The normalized spacial score (nSPS) is 26.6. The van der Waals surface area contributed by atoms with Gasteiger partial charge in [-0.2, -0.15) is 13.2 Å². The predicted octanol–water partition coefficient (Wildman–Crippen LogP) is 9.20. The minimum absolute atomic E-state index is 0.599. The average molecular weight is 445 g/mol. The predicted molar refractivity (Wildman–Crippen MR) is 127 cm³/mol. The van der Waals surface area contributed by atoms with Gasteiger partial charge in [0.2, 0.25) is 0 Å². The summed E-state index contributed by atoms with van der Waals surface area (Å²) in [7, 11) is 0. The Bertz CT molecular complexity index is 746. The van der Waals surface area contributed by atoms with Gasteiger partial charge in [0.15, 0.2) is 0 Å². The molecule has 1 aromatic rings. The van der Waals surface area contributed by atoms with E-state index in [1.165, 1.54) is 95.6 Å². The second-order valence-corrected chi connectivity index (χ2v) is 10.1. The van der Waals surface area contributed by atoms with Gasteiger partial charge in [0.05, 0.1) is 5.56 Å². The van der Waals surface area contributed by atoms with Gasteiger partial charge in [0, 0.05) is 5.56 Å². The van der Waals surface area contributed by atoms with E-state index in [0.29, 0.717) is 11.5 Å². The summed E-state index contributed by atoms with van der Waals surface area (Å²) in [6, 6.07) is 5.05. The monoisotopic (exact) mass is 444 g/mol. The van der Waals surface area contributed by atoms with E-state index in [1.54, 1.807) is 0 Å². The molecular formula is C29H39F3. The van der Waals surface area contributed by atoms with Crippen LogP contribution >= 0.6 is 0 Å². The first-order valence-corrected chi connectivity index (χ1v) is 12.8. The van der Waals surface area contributed by atoms with Crippen LogP contribution in [0.1, 0.15) is 102 Å². The molecular weight excluding hydrogens is 405 g/mol. The Balaban J connectivity index is 1.32. The van der Waals surface area contributed by atoms with E-state index in [-0.39, 0.29) is 0 Å². The highest BCUT2D eigenvalue weighted by Crippen LogP contribution is 2.38. The van der Waals surface area contributed by atoms with Crippen molar-refractivity contribution >= 4 is 0 Å². The molecule has 1 aromatic carbocycles. The third-order valence-electron chi connectivity index (χ3n) is 7.69. The smallest absolute Gasteiger partial charge is 0.166 e. The molecule has 0 heterocycles. The summed E-state index contributed by atoms with van der Waals surface area (Å²) in [5, 5.41) is 0. The van der Waals surface area contributed by atoms with Crippen LogP contribution in [0.3, 0.4) is 0 Å². The zero-order valence-corrected chi connectivity index (χ0v) is 19.6. The SMILES string of the molecule is CCCC[C@H]1CC[C@H](CC[C@H]2CC[C@H](C=CC#Cc3ccc(C(F)(F)F)cc3)CC2)CC1. The third-order valence-corrected chi connectivity index (χ3v) is 7.69. The second kappa shape index (κ2) is 12.5. The largest absolute Gasteiger partial charge is 0.416 e. The second-order valence-electron chi connectivity index (χ2n) is 10.1. The van der Waals surface area contributed by atoms with Crippen molar-refractivity contribution < 1.29 is 13.2 Å². The van der Waals surface area contributed by atoms with Crippen LogP contribution in [0.4, 0.5) is 13.2 Å². The van der Waals surface area contributed by atoms with Gasteiger partial charge in [-0.3, -0.25) is 0 Å². The molecule has 0 saturated heterocycles. The number of unbranched alkanes of at least 4 members (excludes halogenated alkanes) is 1. The Kier molecular flexibility index (Phi) is 9.76. The number of allylic oxidation sites excluding steroid dienone is 2. The first kappa shape index (κ1) is 24.9. The lowest BCUT2D eigenvalue weighted by Crippen LogP contribution is -2.17. The summed E-state index contributed by atoms with van der Waals surface area (Å²) in [5.74, 6) is 9.42. The summed E-state index contributed by atoms with van der Waals surface area (Å²) >= 11 is 0. The van der Waals surface area contributed by atoms with Crippen molar-refractivity contribution in [2.75, 3.05) is 0 Å². The first-order chi connectivity index (χ1) is 15.4. The fraction of sp³-hybridized carbons (Fsp3) is 0.655. The van der Waals surface area contributed by atoms with Crippen molar-refractivity contribution in [1.29, 1.82) is 0 Å². The molecule has 0 spiro atoms. The van der Waals surface area contributed by atoms with Gasteiger partial charge < -0.3 is 0 Å². The van der Waals surface area contributed by atoms with E-state index in [1.807, 2.05) is 6.08 Å².